The van der Waals surface area contributed by atoms with Crippen LogP contribution in [0.2, 0.25) is 0 Å². The highest BCUT2D eigenvalue weighted by Crippen LogP contribution is 2.76. The molecule has 6 fully saturated rings. The fourth-order valence-electron chi connectivity index (χ4n) is 13.2. The molecule has 0 aromatic heterocycles. The van der Waals surface area contributed by atoms with E-state index in [2.05, 4.69) is 54.5 Å². The standard InChI is InChI=1S/C42H70O13/c1-22(2)9-8-15-41(7,55-37-35(51)33(49)31(47)26(20-44)53-37)24-12-16-39(5)23(24)10-11-28-40(39,6)17-13-27-38(3,4)29(14-18-42(27,28)21-45)54-36-34(50)32(48)30(46)25(19-43)52-36/h9,21,23-37,43-44,46-51H,8,10-20H2,1-7H3. The van der Waals surface area contributed by atoms with Crippen LogP contribution in [-0.2, 0) is 23.7 Å². The summed E-state index contributed by atoms with van der Waals surface area (Å²) in [6.07, 6.45) is -2.74. The van der Waals surface area contributed by atoms with Gasteiger partial charge in [-0.05, 0) is 125 Å². The van der Waals surface area contributed by atoms with Gasteiger partial charge in [-0.2, -0.15) is 0 Å². The van der Waals surface area contributed by atoms with Crippen molar-refractivity contribution in [1.29, 1.82) is 0 Å². The van der Waals surface area contributed by atoms with Crippen LogP contribution in [0.1, 0.15) is 113 Å². The molecule has 2 saturated heterocycles. The fraction of sp³-hybridized carbons (Fsp3) is 0.929. The van der Waals surface area contributed by atoms with Gasteiger partial charge < -0.3 is 64.6 Å². The van der Waals surface area contributed by atoms with Gasteiger partial charge in [0.1, 0.15) is 55.1 Å². The molecule has 19 atom stereocenters. The minimum absolute atomic E-state index is 0.0135. The molecule has 6 aliphatic rings. The lowest BCUT2D eigenvalue weighted by molar-refractivity contribution is -0.335. The number of hydrogen-bond acceptors (Lipinski definition) is 13. The topological polar surface area (TPSA) is 216 Å². The second-order valence-electron chi connectivity index (χ2n) is 19.7. The SMILES string of the molecule is CC(C)=CCCC(C)(OC1OC(CO)C(O)C(O)C1O)C1CCC2(C)C1CCC1C3(C=O)CCC(OC4OC(CO)C(O)C(O)C4O)C(C)(C)C3CCC12C. The van der Waals surface area contributed by atoms with E-state index in [9.17, 15) is 45.6 Å². The van der Waals surface area contributed by atoms with Crippen LogP contribution < -0.4 is 0 Å². The van der Waals surface area contributed by atoms with Gasteiger partial charge in [0, 0.05) is 5.41 Å². The van der Waals surface area contributed by atoms with Gasteiger partial charge in [0.2, 0.25) is 0 Å². The fourth-order valence-corrected chi connectivity index (χ4v) is 13.2. The number of carbonyl (C=O) groups is 1. The number of carbonyl (C=O) groups excluding carboxylic acids is 1. The average molecular weight is 783 g/mol. The van der Waals surface area contributed by atoms with Crippen LogP contribution in [0.5, 0.6) is 0 Å². The minimum Gasteiger partial charge on any atom is -0.394 e. The van der Waals surface area contributed by atoms with E-state index in [1.165, 1.54) is 11.9 Å². The first-order valence-electron chi connectivity index (χ1n) is 20.8. The molecular formula is C42H70O13. The Balaban J connectivity index is 1.26. The van der Waals surface area contributed by atoms with Crippen molar-refractivity contribution >= 4 is 6.29 Å². The summed E-state index contributed by atoms with van der Waals surface area (Å²) in [4.78, 5) is 13.7. The molecule has 0 bridgehead atoms. The predicted octanol–water partition coefficient (Wildman–Crippen LogP) is 2.36. The molecule has 55 heavy (non-hydrogen) atoms. The Labute approximate surface area is 326 Å². The Bertz CT molecular complexity index is 1380. The van der Waals surface area contributed by atoms with E-state index in [0.717, 1.165) is 44.9 Å². The number of aldehydes is 1. The van der Waals surface area contributed by atoms with E-state index in [4.69, 9.17) is 18.9 Å². The number of rotatable bonds is 11. The maximum absolute atomic E-state index is 13.7. The summed E-state index contributed by atoms with van der Waals surface area (Å²) in [5, 5.41) is 83.4. The number of allylic oxidation sites excluding steroid dienone is 2. The lowest BCUT2D eigenvalue weighted by Gasteiger charge is -2.69. The summed E-state index contributed by atoms with van der Waals surface area (Å²) in [5.41, 5.74) is -0.993. The first-order valence-corrected chi connectivity index (χ1v) is 20.8. The Morgan fingerprint density at radius 1 is 0.727 bits per heavy atom. The van der Waals surface area contributed by atoms with Gasteiger partial charge in [-0.15, -0.1) is 0 Å². The number of aliphatic hydroxyl groups excluding tert-OH is 8. The molecule has 0 aromatic rings. The van der Waals surface area contributed by atoms with E-state index in [1.54, 1.807) is 0 Å². The lowest BCUT2D eigenvalue weighted by Crippen LogP contribution is -2.67. The maximum atomic E-state index is 13.7. The minimum atomic E-state index is -1.53. The van der Waals surface area contributed by atoms with Crippen molar-refractivity contribution in [3.8, 4) is 0 Å². The molecule has 0 spiro atoms. The lowest BCUT2D eigenvalue weighted by atomic mass is 9.35. The smallest absolute Gasteiger partial charge is 0.187 e. The normalized spacial score (nSPS) is 50.6. The summed E-state index contributed by atoms with van der Waals surface area (Å²) >= 11 is 0. The van der Waals surface area contributed by atoms with Crippen molar-refractivity contribution in [3.63, 3.8) is 0 Å². The highest BCUT2D eigenvalue weighted by Gasteiger charge is 2.71. The summed E-state index contributed by atoms with van der Waals surface area (Å²) in [6, 6.07) is 0. The average Bonchev–Trinajstić information content (AvgIpc) is 3.51. The quantitative estimate of drug-likeness (QED) is 0.0860. The van der Waals surface area contributed by atoms with Gasteiger partial charge in [-0.3, -0.25) is 0 Å². The Morgan fingerprint density at radius 2 is 1.31 bits per heavy atom. The van der Waals surface area contributed by atoms with Crippen LogP contribution in [0.15, 0.2) is 11.6 Å². The number of ether oxygens (including phenoxy) is 4. The molecule has 19 unspecified atom stereocenters. The van der Waals surface area contributed by atoms with Gasteiger partial charge in [-0.1, -0.05) is 39.3 Å². The summed E-state index contributed by atoms with van der Waals surface area (Å²) in [6.45, 7) is 14.2. The zero-order chi connectivity index (χ0) is 40.5. The second-order valence-corrected chi connectivity index (χ2v) is 19.7. The molecule has 13 nitrogen and oxygen atoms in total. The number of hydrogen-bond donors (Lipinski definition) is 8. The van der Waals surface area contributed by atoms with Crippen LogP contribution in [0, 0.1) is 45.3 Å². The third-order valence-corrected chi connectivity index (χ3v) is 16.5. The van der Waals surface area contributed by atoms with Gasteiger partial charge in [0.05, 0.1) is 24.9 Å². The Morgan fingerprint density at radius 3 is 1.89 bits per heavy atom. The van der Waals surface area contributed by atoms with E-state index < -0.39 is 97.2 Å². The Kier molecular flexibility index (Phi) is 12.5. The summed E-state index contributed by atoms with van der Waals surface area (Å²) < 4.78 is 24.9. The molecular weight excluding hydrogens is 712 g/mol. The van der Waals surface area contributed by atoms with E-state index >= 15 is 0 Å². The largest absolute Gasteiger partial charge is 0.394 e. The highest BCUT2D eigenvalue weighted by atomic mass is 16.7. The zero-order valence-electron chi connectivity index (χ0n) is 33.9. The molecule has 6 rings (SSSR count). The third-order valence-electron chi connectivity index (χ3n) is 16.5. The molecule has 4 aliphatic carbocycles. The predicted molar refractivity (Wildman–Crippen MR) is 200 cm³/mol. The number of aliphatic hydroxyl groups is 8. The zero-order valence-corrected chi connectivity index (χ0v) is 33.9. The molecule has 4 saturated carbocycles. The molecule has 0 amide bonds. The first-order chi connectivity index (χ1) is 25.8. The van der Waals surface area contributed by atoms with Crippen molar-refractivity contribution in [2.24, 2.45) is 45.3 Å². The van der Waals surface area contributed by atoms with E-state index in [-0.39, 0.29) is 34.5 Å². The van der Waals surface area contributed by atoms with Crippen molar-refractivity contribution in [2.45, 2.75) is 186 Å². The van der Waals surface area contributed by atoms with Crippen LogP contribution >= 0.6 is 0 Å². The van der Waals surface area contributed by atoms with Crippen molar-refractivity contribution in [3.05, 3.63) is 11.6 Å². The molecule has 2 aliphatic heterocycles. The van der Waals surface area contributed by atoms with Gasteiger partial charge >= 0.3 is 0 Å². The van der Waals surface area contributed by atoms with Crippen molar-refractivity contribution < 1.29 is 64.6 Å². The van der Waals surface area contributed by atoms with Crippen molar-refractivity contribution in [1.82, 2.24) is 0 Å². The van der Waals surface area contributed by atoms with Gasteiger partial charge in [0.15, 0.2) is 12.6 Å². The highest BCUT2D eigenvalue weighted by molar-refractivity contribution is 5.62. The van der Waals surface area contributed by atoms with Crippen LogP contribution in [0.3, 0.4) is 0 Å². The third kappa shape index (κ3) is 7.01. The van der Waals surface area contributed by atoms with Gasteiger partial charge in [-0.25, -0.2) is 0 Å². The monoisotopic (exact) mass is 782 g/mol. The van der Waals surface area contributed by atoms with Crippen LogP contribution in [0.25, 0.3) is 0 Å². The van der Waals surface area contributed by atoms with Crippen LogP contribution in [0.4, 0.5) is 0 Å². The molecule has 2 heterocycles. The number of fused-ring (bicyclic) bond motifs is 5. The van der Waals surface area contributed by atoms with E-state index in [1.807, 2.05) is 0 Å². The van der Waals surface area contributed by atoms with Gasteiger partial charge in [0.25, 0.3) is 0 Å². The summed E-state index contributed by atoms with van der Waals surface area (Å²) in [7, 11) is 0. The molecule has 0 aromatic carbocycles. The molecule has 0 radical (unpaired) electrons. The summed E-state index contributed by atoms with van der Waals surface area (Å²) in [5.74, 6) is 0.430. The van der Waals surface area contributed by atoms with E-state index in [0.29, 0.717) is 19.3 Å². The van der Waals surface area contributed by atoms with Crippen LogP contribution in [-0.4, -0.2) is 133 Å². The Hall–Kier alpha value is -1.07. The second kappa shape index (κ2) is 15.8. The molecule has 13 heteroatoms. The molecule has 8 N–H and O–H groups in total. The molecule has 316 valence electrons. The maximum Gasteiger partial charge on any atom is 0.187 e. The first kappa shape index (κ1) is 43.5. The van der Waals surface area contributed by atoms with Crippen molar-refractivity contribution in [2.75, 3.05) is 13.2 Å².